The molecule has 1 saturated heterocycles. The third kappa shape index (κ3) is 5.36. The Balaban J connectivity index is 1.54. The maximum Gasteiger partial charge on any atom is 0.335 e. The second-order valence-corrected chi connectivity index (χ2v) is 8.40. The summed E-state index contributed by atoms with van der Waals surface area (Å²) in [6, 6.07) is 18.4. The van der Waals surface area contributed by atoms with Gasteiger partial charge in [-0.2, -0.15) is 0 Å². The van der Waals surface area contributed by atoms with E-state index in [2.05, 4.69) is 21.2 Å². The topological polar surface area (TPSA) is 94.2 Å². The van der Waals surface area contributed by atoms with Gasteiger partial charge >= 0.3 is 6.03 Å². The normalized spacial score (nSPS) is 14.7. The number of nitrogens with one attached hydrogen (secondary N) is 1. The molecule has 4 rings (SSSR count). The van der Waals surface area contributed by atoms with Crippen molar-refractivity contribution in [1.82, 2.24) is 5.32 Å². The molecule has 0 aromatic heterocycles. The Kier molecular flexibility index (Phi) is 7.17. The molecular formula is C26H21BrN2O6. The third-order valence-corrected chi connectivity index (χ3v) is 5.76. The summed E-state index contributed by atoms with van der Waals surface area (Å²) in [6.07, 6.45) is 1.40. The van der Waals surface area contributed by atoms with Gasteiger partial charge in [0.05, 0.1) is 19.9 Å². The zero-order valence-electron chi connectivity index (χ0n) is 18.9. The van der Waals surface area contributed by atoms with Gasteiger partial charge in [-0.15, -0.1) is 0 Å². The lowest BCUT2D eigenvalue weighted by atomic mass is 10.1. The Bertz CT molecular complexity index is 1300. The number of barbiturate groups is 1. The van der Waals surface area contributed by atoms with Crippen molar-refractivity contribution in [2.75, 3.05) is 19.1 Å². The van der Waals surface area contributed by atoms with Gasteiger partial charge in [-0.05, 0) is 65.7 Å². The van der Waals surface area contributed by atoms with Crippen LogP contribution in [0.5, 0.6) is 17.2 Å². The zero-order valence-corrected chi connectivity index (χ0v) is 20.5. The first kappa shape index (κ1) is 24.0. The molecule has 0 unspecified atom stereocenters. The number of imide groups is 2. The van der Waals surface area contributed by atoms with E-state index in [0.717, 1.165) is 14.9 Å². The molecule has 9 heteroatoms. The van der Waals surface area contributed by atoms with Crippen LogP contribution in [-0.2, 0) is 16.2 Å². The maximum absolute atomic E-state index is 13.1. The molecule has 1 N–H and O–H groups in total. The highest BCUT2D eigenvalue weighted by Gasteiger charge is 2.36. The quantitative estimate of drug-likeness (QED) is 0.347. The van der Waals surface area contributed by atoms with E-state index in [4.69, 9.17) is 14.2 Å². The number of amides is 4. The van der Waals surface area contributed by atoms with Crippen molar-refractivity contribution in [1.29, 1.82) is 0 Å². The number of methoxy groups -OCH3 is 2. The fourth-order valence-corrected chi connectivity index (χ4v) is 3.70. The van der Waals surface area contributed by atoms with Crippen LogP contribution in [0.2, 0.25) is 0 Å². The van der Waals surface area contributed by atoms with Gasteiger partial charge in [-0.1, -0.05) is 34.1 Å². The molecule has 1 aliphatic rings. The summed E-state index contributed by atoms with van der Waals surface area (Å²) in [5.41, 5.74) is 1.64. The smallest absolute Gasteiger partial charge is 0.335 e. The molecule has 0 saturated carbocycles. The number of ether oxygens (including phenoxy) is 3. The summed E-state index contributed by atoms with van der Waals surface area (Å²) < 4.78 is 17.2. The van der Waals surface area contributed by atoms with Crippen molar-refractivity contribution in [3.63, 3.8) is 0 Å². The van der Waals surface area contributed by atoms with Crippen LogP contribution in [0, 0.1) is 0 Å². The highest BCUT2D eigenvalue weighted by molar-refractivity contribution is 9.10. The van der Waals surface area contributed by atoms with Crippen LogP contribution < -0.4 is 24.4 Å². The molecule has 0 bridgehead atoms. The van der Waals surface area contributed by atoms with Crippen molar-refractivity contribution in [2.24, 2.45) is 0 Å². The van der Waals surface area contributed by atoms with Gasteiger partial charge in [0, 0.05) is 4.47 Å². The predicted molar refractivity (Wildman–Crippen MR) is 133 cm³/mol. The number of carbonyl (C=O) groups excluding carboxylic acids is 3. The van der Waals surface area contributed by atoms with Gasteiger partial charge in [0.1, 0.15) is 17.9 Å². The van der Waals surface area contributed by atoms with Crippen LogP contribution in [0.3, 0.4) is 0 Å². The van der Waals surface area contributed by atoms with Gasteiger partial charge in [-0.25, -0.2) is 9.69 Å². The summed E-state index contributed by atoms with van der Waals surface area (Å²) in [5.74, 6) is 0.00162. The summed E-state index contributed by atoms with van der Waals surface area (Å²) in [5, 5.41) is 2.21. The second kappa shape index (κ2) is 10.4. The largest absolute Gasteiger partial charge is 0.493 e. The molecule has 0 radical (unpaired) electrons. The summed E-state index contributed by atoms with van der Waals surface area (Å²) in [4.78, 5) is 39.0. The van der Waals surface area contributed by atoms with Crippen molar-refractivity contribution in [3.8, 4) is 17.2 Å². The molecule has 8 nitrogen and oxygen atoms in total. The summed E-state index contributed by atoms with van der Waals surface area (Å²) in [6.45, 7) is 0.364. The van der Waals surface area contributed by atoms with Crippen LogP contribution in [0.15, 0.2) is 76.8 Å². The first-order chi connectivity index (χ1) is 16.9. The highest BCUT2D eigenvalue weighted by Crippen LogP contribution is 2.30. The number of anilines is 1. The Morgan fingerprint density at radius 2 is 1.57 bits per heavy atom. The van der Waals surface area contributed by atoms with Crippen molar-refractivity contribution in [2.45, 2.75) is 6.61 Å². The number of benzene rings is 3. The molecular weight excluding hydrogens is 516 g/mol. The number of urea groups is 1. The highest BCUT2D eigenvalue weighted by atomic mass is 79.9. The zero-order chi connectivity index (χ0) is 24.9. The van der Waals surface area contributed by atoms with E-state index in [1.165, 1.54) is 20.3 Å². The minimum Gasteiger partial charge on any atom is -0.493 e. The second-order valence-electron chi connectivity index (χ2n) is 7.48. The number of hydrogen-bond donors (Lipinski definition) is 1. The van der Waals surface area contributed by atoms with Gasteiger partial charge in [-0.3, -0.25) is 14.9 Å². The van der Waals surface area contributed by atoms with Crippen LogP contribution in [-0.4, -0.2) is 32.1 Å². The summed E-state index contributed by atoms with van der Waals surface area (Å²) in [7, 11) is 2.99. The van der Waals surface area contributed by atoms with Crippen LogP contribution in [0.25, 0.3) is 6.08 Å². The van der Waals surface area contributed by atoms with Gasteiger partial charge in [0.15, 0.2) is 11.5 Å². The monoisotopic (exact) mass is 536 g/mol. The number of rotatable bonds is 7. The van der Waals surface area contributed by atoms with Crippen LogP contribution in [0.4, 0.5) is 10.5 Å². The molecule has 1 heterocycles. The van der Waals surface area contributed by atoms with Gasteiger partial charge in [0.2, 0.25) is 0 Å². The molecule has 178 valence electrons. The summed E-state index contributed by atoms with van der Waals surface area (Å²) >= 11 is 3.39. The molecule has 4 amide bonds. The van der Waals surface area contributed by atoms with E-state index in [9.17, 15) is 14.4 Å². The first-order valence-electron chi connectivity index (χ1n) is 10.5. The molecule has 1 aliphatic heterocycles. The standard InChI is InChI=1S/C26H21BrN2O6/c1-33-22-12-5-17(14-23(22)34-2)13-21-24(30)28-26(32)29(25(21)31)19-8-10-20(11-9-19)35-15-16-3-6-18(27)7-4-16/h3-14H,15H2,1-2H3,(H,28,30,32)/b21-13+. The van der Waals surface area contributed by atoms with Gasteiger partial charge < -0.3 is 14.2 Å². The molecule has 1 fully saturated rings. The fraction of sp³-hybridized carbons (Fsp3) is 0.115. The van der Waals surface area contributed by atoms with Crippen molar-refractivity contribution < 1.29 is 28.6 Å². The molecule has 0 spiro atoms. The minimum atomic E-state index is -0.826. The Morgan fingerprint density at radius 1 is 0.886 bits per heavy atom. The lowest BCUT2D eigenvalue weighted by Gasteiger charge is -2.26. The van der Waals surface area contributed by atoms with E-state index < -0.39 is 17.8 Å². The maximum atomic E-state index is 13.1. The van der Waals surface area contributed by atoms with E-state index in [0.29, 0.717) is 35.1 Å². The number of hydrogen-bond acceptors (Lipinski definition) is 6. The fourth-order valence-electron chi connectivity index (χ4n) is 3.44. The van der Waals surface area contributed by atoms with E-state index >= 15 is 0 Å². The van der Waals surface area contributed by atoms with E-state index in [1.807, 2.05) is 24.3 Å². The van der Waals surface area contributed by atoms with Crippen LogP contribution in [0.1, 0.15) is 11.1 Å². The van der Waals surface area contributed by atoms with E-state index in [1.54, 1.807) is 42.5 Å². The van der Waals surface area contributed by atoms with Crippen molar-refractivity contribution >= 4 is 45.5 Å². The van der Waals surface area contributed by atoms with Crippen LogP contribution >= 0.6 is 15.9 Å². The number of halogens is 1. The molecule has 3 aromatic rings. The number of nitrogens with zero attached hydrogens (tertiary/aromatic N) is 1. The Labute approximate surface area is 210 Å². The first-order valence-corrected chi connectivity index (χ1v) is 11.3. The Hall–Kier alpha value is -4.11. The molecule has 0 atom stereocenters. The molecule has 35 heavy (non-hydrogen) atoms. The SMILES string of the molecule is COc1ccc(/C=C2\C(=O)NC(=O)N(c3ccc(OCc4ccc(Br)cc4)cc3)C2=O)cc1OC. The minimum absolute atomic E-state index is 0.188. The average Bonchev–Trinajstić information content (AvgIpc) is 2.86. The molecule has 3 aromatic carbocycles. The van der Waals surface area contributed by atoms with E-state index in [-0.39, 0.29) is 5.57 Å². The number of carbonyl (C=O) groups is 3. The Morgan fingerprint density at radius 3 is 2.23 bits per heavy atom. The average molecular weight is 537 g/mol. The van der Waals surface area contributed by atoms with Crippen molar-refractivity contribution in [3.05, 3.63) is 87.9 Å². The lowest BCUT2D eigenvalue weighted by Crippen LogP contribution is -2.54. The van der Waals surface area contributed by atoms with Gasteiger partial charge in [0.25, 0.3) is 11.8 Å². The predicted octanol–water partition coefficient (Wildman–Crippen LogP) is 4.71. The lowest BCUT2D eigenvalue weighted by molar-refractivity contribution is -0.122. The third-order valence-electron chi connectivity index (χ3n) is 5.23. The molecule has 0 aliphatic carbocycles.